The van der Waals surface area contributed by atoms with Crippen molar-refractivity contribution in [3.05, 3.63) is 11.9 Å². The van der Waals surface area contributed by atoms with Crippen LogP contribution in [0.5, 0.6) is 0 Å². The van der Waals surface area contributed by atoms with Gasteiger partial charge in [-0.1, -0.05) is 12.1 Å². The molecule has 0 amide bonds. The van der Waals surface area contributed by atoms with Gasteiger partial charge < -0.3 is 10.4 Å². The topological polar surface area (TPSA) is 63.0 Å². The van der Waals surface area contributed by atoms with Crippen LogP contribution in [0.4, 0.5) is 0 Å². The molecule has 0 aliphatic carbocycles. The summed E-state index contributed by atoms with van der Waals surface area (Å²) in [5.74, 6) is 0. The summed E-state index contributed by atoms with van der Waals surface area (Å²) in [5, 5.41) is 20.5. The van der Waals surface area contributed by atoms with Crippen molar-refractivity contribution in [2.24, 2.45) is 7.05 Å². The van der Waals surface area contributed by atoms with E-state index in [1.165, 1.54) is 0 Å². The molecule has 1 unspecified atom stereocenters. The van der Waals surface area contributed by atoms with E-state index < -0.39 is 5.60 Å². The van der Waals surface area contributed by atoms with Gasteiger partial charge in [-0.15, -0.1) is 5.10 Å². The minimum atomic E-state index is -0.633. The second-order valence-corrected chi connectivity index (χ2v) is 3.80. The second kappa shape index (κ2) is 4.52. The van der Waals surface area contributed by atoms with Gasteiger partial charge in [0.2, 0.25) is 0 Å². The van der Waals surface area contributed by atoms with E-state index in [2.05, 4.69) is 15.6 Å². The lowest BCUT2D eigenvalue weighted by molar-refractivity contribution is 0.0554. The second-order valence-electron chi connectivity index (χ2n) is 3.80. The summed E-state index contributed by atoms with van der Waals surface area (Å²) in [7, 11) is 1.85. The van der Waals surface area contributed by atoms with Crippen molar-refractivity contribution in [2.45, 2.75) is 32.4 Å². The van der Waals surface area contributed by atoms with Crippen molar-refractivity contribution in [1.82, 2.24) is 20.3 Å². The van der Waals surface area contributed by atoms with Crippen LogP contribution >= 0.6 is 0 Å². The Hall–Kier alpha value is -0.940. The molecule has 0 radical (unpaired) electrons. The third kappa shape index (κ3) is 3.08. The zero-order chi connectivity index (χ0) is 10.6. The lowest BCUT2D eigenvalue weighted by Gasteiger charge is -2.21. The van der Waals surface area contributed by atoms with Crippen LogP contribution < -0.4 is 5.32 Å². The third-order valence-corrected chi connectivity index (χ3v) is 2.38. The van der Waals surface area contributed by atoms with E-state index in [0.29, 0.717) is 13.1 Å². The minimum absolute atomic E-state index is 0.578. The highest BCUT2D eigenvalue weighted by Gasteiger charge is 2.16. The first-order chi connectivity index (χ1) is 6.55. The number of aromatic nitrogens is 3. The molecule has 0 aliphatic rings. The summed E-state index contributed by atoms with van der Waals surface area (Å²) in [6, 6.07) is 0. The molecule has 0 fully saturated rings. The molecular weight excluding hydrogens is 180 g/mol. The first kappa shape index (κ1) is 11.1. The predicted octanol–water partition coefficient (Wildman–Crippen LogP) is 0.0657. The SMILES string of the molecule is CCC(C)(O)CNCc1cnnn1C. The van der Waals surface area contributed by atoms with Gasteiger partial charge in [-0.05, 0) is 13.3 Å². The fraction of sp³-hybridized carbons (Fsp3) is 0.778. The molecule has 0 aromatic carbocycles. The van der Waals surface area contributed by atoms with E-state index in [1.807, 2.05) is 20.9 Å². The number of nitrogens with zero attached hydrogens (tertiary/aromatic N) is 3. The van der Waals surface area contributed by atoms with E-state index in [-0.39, 0.29) is 0 Å². The van der Waals surface area contributed by atoms with Crippen molar-refractivity contribution in [3.63, 3.8) is 0 Å². The number of nitrogens with one attached hydrogen (secondary N) is 1. The Bertz CT molecular complexity index is 282. The molecule has 0 bridgehead atoms. The maximum Gasteiger partial charge on any atom is 0.0741 e. The van der Waals surface area contributed by atoms with Gasteiger partial charge in [-0.3, -0.25) is 4.68 Å². The Kier molecular flexibility index (Phi) is 3.60. The third-order valence-electron chi connectivity index (χ3n) is 2.38. The maximum atomic E-state index is 9.72. The van der Waals surface area contributed by atoms with Crippen molar-refractivity contribution in [2.75, 3.05) is 6.54 Å². The fourth-order valence-electron chi connectivity index (χ4n) is 1.06. The summed E-state index contributed by atoms with van der Waals surface area (Å²) in [4.78, 5) is 0. The minimum Gasteiger partial charge on any atom is -0.389 e. The first-order valence-corrected chi connectivity index (χ1v) is 4.82. The quantitative estimate of drug-likeness (QED) is 0.702. The van der Waals surface area contributed by atoms with Crippen molar-refractivity contribution in [1.29, 1.82) is 0 Å². The molecule has 5 heteroatoms. The molecular formula is C9H18N4O. The van der Waals surface area contributed by atoms with E-state index in [0.717, 1.165) is 12.1 Å². The standard InChI is InChI=1S/C9H18N4O/c1-4-9(2,14)7-10-5-8-6-11-12-13(8)3/h6,10,14H,4-5,7H2,1-3H3. The molecule has 80 valence electrons. The highest BCUT2D eigenvalue weighted by Crippen LogP contribution is 2.06. The van der Waals surface area contributed by atoms with Gasteiger partial charge in [-0.25, -0.2) is 0 Å². The van der Waals surface area contributed by atoms with Crippen LogP contribution in [-0.4, -0.2) is 32.2 Å². The van der Waals surface area contributed by atoms with Crippen molar-refractivity contribution in [3.8, 4) is 0 Å². The number of rotatable bonds is 5. The van der Waals surface area contributed by atoms with Crippen LogP contribution in [0.2, 0.25) is 0 Å². The highest BCUT2D eigenvalue weighted by atomic mass is 16.3. The Balaban J connectivity index is 2.32. The van der Waals surface area contributed by atoms with Gasteiger partial charge in [0.25, 0.3) is 0 Å². The summed E-state index contributed by atoms with van der Waals surface area (Å²) in [6.07, 6.45) is 2.46. The summed E-state index contributed by atoms with van der Waals surface area (Å²) < 4.78 is 1.72. The van der Waals surface area contributed by atoms with Crippen LogP contribution in [0.15, 0.2) is 6.20 Å². The van der Waals surface area contributed by atoms with Gasteiger partial charge in [0, 0.05) is 20.1 Å². The summed E-state index contributed by atoms with van der Waals surface area (Å²) in [6.45, 7) is 5.04. The average Bonchev–Trinajstić information content (AvgIpc) is 2.52. The number of aryl methyl sites for hydroxylation is 1. The monoisotopic (exact) mass is 198 g/mol. The lowest BCUT2D eigenvalue weighted by atomic mass is 10.0. The molecule has 1 rings (SSSR count). The van der Waals surface area contributed by atoms with Crippen LogP contribution in [0.3, 0.4) is 0 Å². The summed E-state index contributed by atoms with van der Waals surface area (Å²) >= 11 is 0. The van der Waals surface area contributed by atoms with Crippen LogP contribution in [0, 0.1) is 0 Å². The van der Waals surface area contributed by atoms with Crippen LogP contribution in [0.25, 0.3) is 0 Å². The molecule has 1 heterocycles. The molecule has 0 saturated heterocycles. The van der Waals surface area contributed by atoms with E-state index in [4.69, 9.17) is 0 Å². The Morgan fingerprint density at radius 1 is 1.64 bits per heavy atom. The van der Waals surface area contributed by atoms with Gasteiger partial charge in [0.1, 0.15) is 0 Å². The smallest absolute Gasteiger partial charge is 0.0741 e. The average molecular weight is 198 g/mol. The summed E-state index contributed by atoms with van der Waals surface area (Å²) in [5.41, 5.74) is 0.378. The van der Waals surface area contributed by atoms with Gasteiger partial charge in [0.05, 0.1) is 17.5 Å². The van der Waals surface area contributed by atoms with Crippen LogP contribution in [0.1, 0.15) is 26.0 Å². The molecule has 5 nitrogen and oxygen atoms in total. The van der Waals surface area contributed by atoms with E-state index in [1.54, 1.807) is 10.9 Å². The molecule has 14 heavy (non-hydrogen) atoms. The normalized spacial score (nSPS) is 15.4. The molecule has 1 atom stereocenters. The number of aliphatic hydroxyl groups is 1. The van der Waals surface area contributed by atoms with Crippen molar-refractivity contribution >= 4 is 0 Å². The largest absolute Gasteiger partial charge is 0.389 e. The first-order valence-electron chi connectivity index (χ1n) is 4.82. The molecule has 0 spiro atoms. The zero-order valence-electron chi connectivity index (χ0n) is 8.99. The number of hydrogen-bond acceptors (Lipinski definition) is 4. The Morgan fingerprint density at radius 2 is 2.36 bits per heavy atom. The molecule has 2 N–H and O–H groups in total. The Labute approximate surface area is 84.1 Å². The molecule has 0 aliphatic heterocycles. The molecule has 1 aromatic rings. The Morgan fingerprint density at radius 3 is 2.86 bits per heavy atom. The number of hydrogen-bond donors (Lipinski definition) is 2. The van der Waals surface area contributed by atoms with Crippen LogP contribution in [-0.2, 0) is 13.6 Å². The highest BCUT2D eigenvalue weighted by molar-refractivity contribution is 4.92. The van der Waals surface area contributed by atoms with E-state index >= 15 is 0 Å². The maximum absolute atomic E-state index is 9.72. The van der Waals surface area contributed by atoms with Crippen molar-refractivity contribution < 1.29 is 5.11 Å². The fourth-order valence-corrected chi connectivity index (χ4v) is 1.06. The lowest BCUT2D eigenvalue weighted by Crippen LogP contribution is -2.37. The van der Waals surface area contributed by atoms with Gasteiger partial charge in [0.15, 0.2) is 0 Å². The van der Waals surface area contributed by atoms with E-state index in [9.17, 15) is 5.11 Å². The predicted molar refractivity (Wildman–Crippen MR) is 53.6 cm³/mol. The van der Waals surface area contributed by atoms with Gasteiger partial charge in [-0.2, -0.15) is 0 Å². The van der Waals surface area contributed by atoms with Gasteiger partial charge >= 0.3 is 0 Å². The molecule has 1 aromatic heterocycles. The molecule has 0 saturated carbocycles. The zero-order valence-corrected chi connectivity index (χ0v) is 8.99.